The molecule has 6 nitrogen and oxygen atoms in total. The minimum Gasteiger partial charge on any atom is -0.342 e. The molecular formula is C19H36N4O2. The number of piperidine rings is 2. The van der Waals surface area contributed by atoms with Crippen LogP contribution in [0.3, 0.4) is 0 Å². The first-order chi connectivity index (χ1) is 12.0. The second kappa shape index (κ2) is 10.00. The van der Waals surface area contributed by atoms with Gasteiger partial charge in [0.15, 0.2) is 0 Å². The van der Waals surface area contributed by atoms with E-state index in [-0.39, 0.29) is 11.9 Å². The molecule has 25 heavy (non-hydrogen) atoms. The molecule has 2 N–H and O–H groups in total. The van der Waals surface area contributed by atoms with E-state index < -0.39 is 0 Å². The average Bonchev–Trinajstić information content (AvgIpc) is 2.60. The van der Waals surface area contributed by atoms with Crippen molar-refractivity contribution >= 4 is 11.9 Å². The van der Waals surface area contributed by atoms with Crippen LogP contribution in [-0.4, -0.2) is 68.1 Å². The Labute approximate surface area is 152 Å². The Morgan fingerprint density at radius 3 is 2.36 bits per heavy atom. The zero-order valence-corrected chi connectivity index (χ0v) is 16.2. The van der Waals surface area contributed by atoms with Gasteiger partial charge in [-0.25, -0.2) is 4.79 Å². The lowest BCUT2D eigenvalue weighted by Gasteiger charge is -2.36. The highest BCUT2D eigenvalue weighted by atomic mass is 16.2. The molecule has 0 bridgehead atoms. The van der Waals surface area contributed by atoms with E-state index in [1.165, 1.54) is 6.42 Å². The molecule has 0 aromatic carbocycles. The van der Waals surface area contributed by atoms with E-state index in [0.29, 0.717) is 37.3 Å². The summed E-state index contributed by atoms with van der Waals surface area (Å²) < 4.78 is 0. The molecule has 2 saturated heterocycles. The second-order valence-electron chi connectivity index (χ2n) is 8.14. The number of nitrogens with zero attached hydrogens (tertiary/aromatic N) is 2. The van der Waals surface area contributed by atoms with Crippen molar-refractivity contribution in [3.8, 4) is 0 Å². The standard InChI is InChI=1S/C19H36N4O2/c1-15(2)11-21-19(25)23-9-4-6-16(13-23)10-18(24)22-8-5-7-17(14-22)12-20-3/h15-17,20H,4-14H2,1-3H3,(H,21,25). The Balaban J connectivity index is 1.79. The zero-order chi connectivity index (χ0) is 18.2. The maximum atomic E-state index is 12.7. The molecular weight excluding hydrogens is 316 g/mol. The fraction of sp³-hybridized carbons (Fsp3) is 0.895. The Bertz CT molecular complexity index is 439. The number of likely N-dealkylation sites (tertiary alicyclic amines) is 2. The smallest absolute Gasteiger partial charge is 0.317 e. The highest BCUT2D eigenvalue weighted by molar-refractivity contribution is 5.77. The second-order valence-corrected chi connectivity index (χ2v) is 8.14. The third kappa shape index (κ3) is 6.49. The van der Waals surface area contributed by atoms with E-state index >= 15 is 0 Å². The Hall–Kier alpha value is -1.30. The highest BCUT2D eigenvalue weighted by Crippen LogP contribution is 2.23. The fourth-order valence-corrected chi connectivity index (χ4v) is 3.94. The Morgan fingerprint density at radius 2 is 1.68 bits per heavy atom. The summed E-state index contributed by atoms with van der Waals surface area (Å²) in [6.45, 7) is 9.17. The molecule has 144 valence electrons. The average molecular weight is 353 g/mol. The topological polar surface area (TPSA) is 64.7 Å². The summed E-state index contributed by atoms with van der Waals surface area (Å²) in [7, 11) is 1.97. The summed E-state index contributed by atoms with van der Waals surface area (Å²) in [5.41, 5.74) is 0. The van der Waals surface area contributed by atoms with Crippen molar-refractivity contribution in [3.63, 3.8) is 0 Å². The number of hydrogen-bond donors (Lipinski definition) is 2. The summed E-state index contributed by atoms with van der Waals surface area (Å²) in [6, 6.07) is 0.0258. The minimum absolute atomic E-state index is 0.0258. The Morgan fingerprint density at radius 1 is 1.04 bits per heavy atom. The van der Waals surface area contributed by atoms with Gasteiger partial charge in [-0.15, -0.1) is 0 Å². The molecule has 2 aliphatic heterocycles. The molecule has 2 heterocycles. The molecule has 0 aliphatic carbocycles. The van der Waals surface area contributed by atoms with E-state index in [1.54, 1.807) is 0 Å². The number of carbonyl (C=O) groups is 2. The van der Waals surface area contributed by atoms with Crippen molar-refractivity contribution in [2.75, 3.05) is 46.3 Å². The number of nitrogens with one attached hydrogen (secondary N) is 2. The predicted octanol–water partition coefficient (Wildman–Crippen LogP) is 1.91. The van der Waals surface area contributed by atoms with Crippen molar-refractivity contribution in [1.29, 1.82) is 0 Å². The van der Waals surface area contributed by atoms with Gasteiger partial charge in [-0.05, 0) is 57.0 Å². The van der Waals surface area contributed by atoms with Crippen LogP contribution >= 0.6 is 0 Å². The van der Waals surface area contributed by atoms with Crippen LogP contribution in [0.25, 0.3) is 0 Å². The summed E-state index contributed by atoms with van der Waals surface area (Å²) in [5, 5.41) is 6.22. The van der Waals surface area contributed by atoms with Crippen LogP contribution in [0.1, 0.15) is 46.0 Å². The van der Waals surface area contributed by atoms with Gasteiger partial charge in [-0.2, -0.15) is 0 Å². The van der Waals surface area contributed by atoms with Gasteiger partial charge >= 0.3 is 6.03 Å². The molecule has 0 aromatic rings. The van der Waals surface area contributed by atoms with Gasteiger partial charge in [-0.1, -0.05) is 13.8 Å². The molecule has 6 heteroatoms. The van der Waals surface area contributed by atoms with Crippen LogP contribution in [0.15, 0.2) is 0 Å². The number of carbonyl (C=O) groups excluding carboxylic acids is 2. The first-order valence-corrected chi connectivity index (χ1v) is 9.94. The SMILES string of the molecule is CNCC1CCCN(C(=O)CC2CCCN(C(=O)NCC(C)C)C2)C1. The third-order valence-electron chi connectivity index (χ3n) is 5.30. The first-order valence-electron chi connectivity index (χ1n) is 9.94. The highest BCUT2D eigenvalue weighted by Gasteiger charge is 2.29. The molecule has 0 radical (unpaired) electrons. The molecule has 2 atom stereocenters. The van der Waals surface area contributed by atoms with E-state index in [1.807, 2.05) is 16.8 Å². The third-order valence-corrected chi connectivity index (χ3v) is 5.30. The summed E-state index contributed by atoms with van der Waals surface area (Å²) in [4.78, 5) is 28.9. The van der Waals surface area contributed by atoms with E-state index in [0.717, 1.165) is 45.4 Å². The summed E-state index contributed by atoms with van der Waals surface area (Å²) in [6.07, 6.45) is 4.94. The molecule has 2 unspecified atom stereocenters. The van der Waals surface area contributed by atoms with Gasteiger partial charge in [0.1, 0.15) is 0 Å². The van der Waals surface area contributed by atoms with Crippen LogP contribution < -0.4 is 10.6 Å². The van der Waals surface area contributed by atoms with Gasteiger partial charge in [0.05, 0.1) is 0 Å². The van der Waals surface area contributed by atoms with Crippen LogP contribution in [0.2, 0.25) is 0 Å². The van der Waals surface area contributed by atoms with Crippen LogP contribution in [0, 0.1) is 17.8 Å². The van der Waals surface area contributed by atoms with Crippen molar-refractivity contribution in [3.05, 3.63) is 0 Å². The molecule has 0 aromatic heterocycles. The predicted molar refractivity (Wildman–Crippen MR) is 100 cm³/mol. The molecule has 0 saturated carbocycles. The lowest BCUT2D eigenvalue weighted by atomic mass is 9.92. The molecule has 2 aliphatic rings. The maximum absolute atomic E-state index is 12.7. The van der Waals surface area contributed by atoms with E-state index in [9.17, 15) is 9.59 Å². The minimum atomic E-state index is 0.0258. The summed E-state index contributed by atoms with van der Waals surface area (Å²) >= 11 is 0. The largest absolute Gasteiger partial charge is 0.342 e. The van der Waals surface area contributed by atoms with Crippen molar-refractivity contribution in [1.82, 2.24) is 20.4 Å². The number of rotatable bonds is 6. The van der Waals surface area contributed by atoms with E-state index in [4.69, 9.17) is 0 Å². The zero-order valence-electron chi connectivity index (χ0n) is 16.2. The molecule has 2 rings (SSSR count). The van der Waals surface area contributed by atoms with Gasteiger partial charge in [-0.3, -0.25) is 4.79 Å². The van der Waals surface area contributed by atoms with Crippen molar-refractivity contribution < 1.29 is 9.59 Å². The molecule has 0 spiro atoms. The van der Waals surface area contributed by atoms with Gasteiger partial charge in [0, 0.05) is 39.1 Å². The monoisotopic (exact) mass is 352 g/mol. The van der Waals surface area contributed by atoms with E-state index in [2.05, 4.69) is 24.5 Å². The number of amides is 3. The first kappa shape index (κ1) is 20.0. The van der Waals surface area contributed by atoms with Gasteiger partial charge in [0.25, 0.3) is 0 Å². The van der Waals surface area contributed by atoms with Gasteiger partial charge in [0.2, 0.25) is 5.91 Å². The maximum Gasteiger partial charge on any atom is 0.317 e. The molecule has 2 fully saturated rings. The molecule has 3 amide bonds. The van der Waals surface area contributed by atoms with Gasteiger partial charge < -0.3 is 20.4 Å². The quantitative estimate of drug-likeness (QED) is 0.767. The number of urea groups is 1. The number of hydrogen-bond acceptors (Lipinski definition) is 3. The van der Waals surface area contributed by atoms with Crippen LogP contribution in [-0.2, 0) is 4.79 Å². The normalized spacial score (nSPS) is 24.5. The van der Waals surface area contributed by atoms with Crippen molar-refractivity contribution in [2.45, 2.75) is 46.0 Å². The summed E-state index contributed by atoms with van der Waals surface area (Å²) in [5.74, 6) is 1.61. The van der Waals surface area contributed by atoms with Crippen LogP contribution in [0.5, 0.6) is 0 Å². The Kier molecular flexibility index (Phi) is 8.00. The lowest BCUT2D eigenvalue weighted by molar-refractivity contribution is -0.134. The van der Waals surface area contributed by atoms with Crippen molar-refractivity contribution in [2.24, 2.45) is 17.8 Å². The fourth-order valence-electron chi connectivity index (χ4n) is 3.94. The lowest BCUT2D eigenvalue weighted by Crippen LogP contribution is -2.48. The van der Waals surface area contributed by atoms with Crippen LogP contribution in [0.4, 0.5) is 4.79 Å².